The first-order valence-corrected chi connectivity index (χ1v) is 13.5. The Morgan fingerprint density at radius 2 is 2.05 bits per heavy atom. The SMILES string of the molecule is C[C@H]1CC(CN2CC3=C(C2=O)C(OCC2CCCO2)=CCC3c2ccccc2)=CC=C1c1cnn(C)c1. The van der Waals surface area contributed by atoms with Crippen molar-refractivity contribution < 1.29 is 14.3 Å². The molecule has 2 unspecified atom stereocenters. The maximum absolute atomic E-state index is 13.8. The molecule has 192 valence electrons. The zero-order chi connectivity index (χ0) is 25.4. The van der Waals surface area contributed by atoms with Gasteiger partial charge >= 0.3 is 0 Å². The van der Waals surface area contributed by atoms with E-state index in [1.165, 1.54) is 27.8 Å². The van der Waals surface area contributed by atoms with Gasteiger partial charge in [-0.05, 0) is 54.4 Å². The van der Waals surface area contributed by atoms with Crippen LogP contribution in [0.2, 0.25) is 0 Å². The predicted molar refractivity (Wildman–Crippen MR) is 143 cm³/mol. The summed E-state index contributed by atoms with van der Waals surface area (Å²) in [6, 6.07) is 10.5. The van der Waals surface area contributed by atoms with Crippen LogP contribution in [0.25, 0.3) is 5.57 Å². The molecule has 0 bridgehead atoms. The van der Waals surface area contributed by atoms with E-state index in [1.807, 2.05) is 28.9 Å². The highest BCUT2D eigenvalue weighted by Crippen LogP contribution is 2.43. The van der Waals surface area contributed by atoms with Crippen LogP contribution >= 0.6 is 0 Å². The van der Waals surface area contributed by atoms with Crippen LogP contribution in [0, 0.1) is 5.92 Å². The van der Waals surface area contributed by atoms with Crippen LogP contribution < -0.4 is 0 Å². The van der Waals surface area contributed by atoms with Crippen LogP contribution in [0.3, 0.4) is 0 Å². The largest absolute Gasteiger partial charge is 0.490 e. The van der Waals surface area contributed by atoms with Gasteiger partial charge in [0.1, 0.15) is 12.4 Å². The number of aromatic nitrogens is 2. The summed E-state index contributed by atoms with van der Waals surface area (Å²) in [6.45, 7) is 4.86. The Morgan fingerprint density at radius 1 is 1.19 bits per heavy atom. The van der Waals surface area contributed by atoms with Gasteiger partial charge in [-0.1, -0.05) is 55.0 Å². The number of amides is 1. The van der Waals surface area contributed by atoms with Gasteiger partial charge in [-0.2, -0.15) is 5.10 Å². The molecule has 2 aliphatic carbocycles. The van der Waals surface area contributed by atoms with Crippen LogP contribution in [0.1, 0.15) is 49.7 Å². The highest BCUT2D eigenvalue weighted by atomic mass is 16.5. The maximum atomic E-state index is 13.8. The van der Waals surface area contributed by atoms with E-state index < -0.39 is 0 Å². The van der Waals surface area contributed by atoms with Crippen LogP contribution in [0.5, 0.6) is 0 Å². The van der Waals surface area contributed by atoms with Crippen LogP contribution in [-0.4, -0.2) is 53.0 Å². The predicted octanol–water partition coefficient (Wildman–Crippen LogP) is 5.18. The minimum absolute atomic E-state index is 0.0878. The Morgan fingerprint density at radius 3 is 2.78 bits per heavy atom. The first-order chi connectivity index (χ1) is 18.1. The van der Waals surface area contributed by atoms with Crippen LogP contribution in [0.4, 0.5) is 0 Å². The van der Waals surface area contributed by atoms with Crippen molar-refractivity contribution in [1.82, 2.24) is 14.7 Å². The molecule has 0 radical (unpaired) electrons. The maximum Gasteiger partial charge on any atom is 0.258 e. The van der Waals surface area contributed by atoms with E-state index in [1.54, 1.807) is 0 Å². The van der Waals surface area contributed by atoms with E-state index in [0.717, 1.165) is 43.6 Å². The van der Waals surface area contributed by atoms with Gasteiger partial charge < -0.3 is 14.4 Å². The number of nitrogens with zero attached hydrogens (tertiary/aromatic N) is 3. The van der Waals surface area contributed by atoms with Gasteiger partial charge in [0.25, 0.3) is 5.91 Å². The zero-order valence-electron chi connectivity index (χ0n) is 21.7. The second kappa shape index (κ2) is 10.2. The molecular formula is C31H35N3O3. The molecule has 0 spiro atoms. The molecule has 0 N–H and O–H groups in total. The average Bonchev–Trinajstić information content (AvgIpc) is 3.65. The summed E-state index contributed by atoms with van der Waals surface area (Å²) in [6.07, 6.45) is 14.5. The Labute approximate surface area is 218 Å². The van der Waals surface area contributed by atoms with Gasteiger partial charge in [0.05, 0.1) is 17.9 Å². The molecular weight excluding hydrogens is 462 g/mol. The fourth-order valence-corrected chi connectivity index (χ4v) is 6.17. The Kier molecular flexibility index (Phi) is 6.59. The summed E-state index contributed by atoms with van der Waals surface area (Å²) in [7, 11) is 1.95. The lowest BCUT2D eigenvalue weighted by atomic mass is 9.82. The third-order valence-corrected chi connectivity index (χ3v) is 8.07. The van der Waals surface area contributed by atoms with Crippen LogP contribution in [-0.2, 0) is 21.3 Å². The van der Waals surface area contributed by atoms with Crippen molar-refractivity contribution in [3.05, 3.63) is 94.6 Å². The molecule has 6 rings (SSSR count). The molecule has 1 aromatic heterocycles. The first-order valence-electron chi connectivity index (χ1n) is 13.5. The number of ether oxygens (including phenoxy) is 2. The molecule has 0 saturated carbocycles. The van der Waals surface area contributed by atoms with Gasteiger partial charge in [0, 0.05) is 44.4 Å². The molecule has 3 atom stereocenters. The van der Waals surface area contributed by atoms with E-state index in [-0.39, 0.29) is 17.9 Å². The van der Waals surface area contributed by atoms with Crippen molar-refractivity contribution in [2.75, 3.05) is 26.3 Å². The minimum atomic E-state index is 0.0878. The van der Waals surface area contributed by atoms with Crippen molar-refractivity contribution >= 4 is 11.5 Å². The lowest BCUT2D eigenvalue weighted by Gasteiger charge is -2.26. The molecule has 6 heteroatoms. The first kappa shape index (κ1) is 24.0. The molecule has 1 amide bonds. The molecule has 3 heterocycles. The Bertz CT molecular complexity index is 1290. The molecule has 1 saturated heterocycles. The number of rotatable bonds is 7. The number of carbonyl (C=O) groups excluding carboxylic acids is 1. The van der Waals surface area contributed by atoms with E-state index in [2.05, 4.69) is 60.7 Å². The van der Waals surface area contributed by atoms with Crippen molar-refractivity contribution in [3.8, 4) is 0 Å². The highest BCUT2D eigenvalue weighted by Gasteiger charge is 2.40. The van der Waals surface area contributed by atoms with Gasteiger partial charge in [-0.25, -0.2) is 0 Å². The van der Waals surface area contributed by atoms with Crippen molar-refractivity contribution in [1.29, 1.82) is 0 Å². The Hall–Kier alpha value is -3.38. The molecule has 2 aliphatic heterocycles. The minimum Gasteiger partial charge on any atom is -0.490 e. The summed E-state index contributed by atoms with van der Waals surface area (Å²) < 4.78 is 13.9. The smallest absolute Gasteiger partial charge is 0.258 e. The van der Waals surface area contributed by atoms with Crippen molar-refractivity contribution in [3.63, 3.8) is 0 Å². The Balaban J connectivity index is 1.22. The standard InChI is InChI=1S/C31H35N3O3/c1-21-15-22(10-11-26(21)24-16-32-33(2)18-24)17-34-19-28-27(23-7-4-3-5-8-23)12-13-29(30(28)31(34)35)37-20-25-9-6-14-36-25/h3-5,7-8,10-11,13,16,18,21,25,27H,6,9,12,14-15,17,19-20H2,1-2H3/t21-,25?,27?/m0/s1. The quantitative estimate of drug-likeness (QED) is 0.529. The third kappa shape index (κ3) is 4.82. The van der Waals surface area contributed by atoms with E-state index in [4.69, 9.17) is 9.47 Å². The molecule has 1 aromatic carbocycles. The highest BCUT2D eigenvalue weighted by molar-refractivity contribution is 6.01. The summed E-state index contributed by atoms with van der Waals surface area (Å²) >= 11 is 0. The topological polar surface area (TPSA) is 56.6 Å². The fraction of sp³-hybridized carbons (Fsp3) is 0.419. The molecule has 4 aliphatic rings. The monoisotopic (exact) mass is 497 g/mol. The van der Waals surface area contributed by atoms with E-state index in [0.29, 0.717) is 25.6 Å². The van der Waals surface area contributed by atoms with Crippen molar-refractivity contribution in [2.45, 2.75) is 44.6 Å². The van der Waals surface area contributed by atoms with Gasteiger partial charge in [-0.15, -0.1) is 0 Å². The summed E-state index contributed by atoms with van der Waals surface area (Å²) in [5, 5.41) is 4.33. The molecule has 37 heavy (non-hydrogen) atoms. The van der Waals surface area contributed by atoms with Gasteiger partial charge in [0.2, 0.25) is 0 Å². The number of carbonyl (C=O) groups is 1. The number of benzene rings is 1. The lowest BCUT2D eigenvalue weighted by Crippen LogP contribution is -2.30. The summed E-state index contributed by atoms with van der Waals surface area (Å²) in [5.41, 5.74) is 6.98. The number of allylic oxidation sites excluding steroid dienone is 4. The van der Waals surface area contributed by atoms with Gasteiger partial charge in [-0.3, -0.25) is 9.48 Å². The molecule has 2 aromatic rings. The van der Waals surface area contributed by atoms with Gasteiger partial charge in [0.15, 0.2) is 0 Å². The zero-order valence-corrected chi connectivity index (χ0v) is 21.7. The second-order valence-electron chi connectivity index (χ2n) is 10.7. The second-order valence-corrected chi connectivity index (χ2v) is 10.7. The van der Waals surface area contributed by atoms with E-state index >= 15 is 0 Å². The van der Waals surface area contributed by atoms with E-state index in [9.17, 15) is 4.79 Å². The molecule has 6 nitrogen and oxygen atoms in total. The number of hydrogen-bond donors (Lipinski definition) is 0. The fourth-order valence-electron chi connectivity index (χ4n) is 6.17. The van der Waals surface area contributed by atoms with Crippen molar-refractivity contribution in [2.24, 2.45) is 13.0 Å². The number of hydrogen-bond acceptors (Lipinski definition) is 4. The molecule has 1 fully saturated rings. The number of aryl methyl sites for hydroxylation is 1. The van der Waals surface area contributed by atoms with Crippen LogP contribution in [0.15, 0.2) is 83.4 Å². The lowest BCUT2D eigenvalue weighted by molar-refractivity contribution is -0.125. The normalized spacial score (nSPS) is 25.7. The average molecular weight is 498 g/mol. The summed E-state index contributed by atoms with van der Waals surface area (Å²) in [4.78, 5) is 15.8. The third-order valence-electron chi connectivity index (χ3n) is 8.07. The summed E-state index contributed by atoms with van der Waals surface area (Å²) in [5.74, 6) is 1.42.